The SMILES string of the molecule is N#Cc1c(N)oc2nnc(Cc3ccccc3)c-2c1-c1cccc([N+](=O)[O-])c1. The minimum absolute atomic E-state index is 0.0917. The number of rotatable bonds is 4. The summed E-state index contributed by atoms with van der Waals surface area (Å²) in [6, 6.07) is 17.7. The fourth-order valence-corrected chi connectivity index (χ4v) is 3.14. The van der Waals surface area contributed by atoms with E-state index in [-0.39, 0.29) is 23.0 Å². The van der Waals surface area contributed by atoms with Crippen LogP contribution in [0.4, 0.5) is 11.6 Å². The third-order valence-corrected chi connectivity index (χ3v) is 4.39. The van der Waals surface area contributed by atoms with E-state index in [9.17, 15) is 15.4 Å². The van der Waals surface area contributed by atoms with Gasteiger partial charge >= 0.3 is 0 Å². The molecule has 0 spiro atoms. The summed E-state index contributed by atoms with van der Waals surface area (Å²) < 4.78 is 5.49. The Labute approximate surface area is 159 Å². The first-order chi connectivity index (χ1) is 13.6. The molecule has 4 rings (SSSR count). The molecule has 2 aliphatic heterocycles. The van der Waals surface area contributed by atoms with E-state index in [1.165, 1.54) is 12.1 Å². The summed E-state index contributed by atoms with van der Waals surface area (Å²) in [5.41, 5.74) is 8.94. The molecule has 8 heteroatoms. The van der Waals surface area contributed by atoms with Crippen molar-refractivity contribution >= 4 is 11.6 Å². The van der Waals surface area contributed by atoms with Crippen LogP contribution >= 0.6 is 0 Å². The van der Waals surface area contributed by atoms with Gasteiger partial charge in [0.2, 0.25) is 11.8 Å². The van der Waals surface area contributed by atoms with Gasteiger partial charge in [-0.2, -0.15) is 10.4 Å². The van der Waals surface area contributed by atoms with Crippen LogP contribution < -0.4 is 5.73 Å². The maximum atomic E-state index is 11.2. The highest BCUT2D eigenvalue weighted by atomic mass is 16.6. The second kappa shape index (κ2) is 6.81. The Morgan fingerprint density at radius 2 is 1.89 bits per heavy atom. The Kier molecular flexibility index (Phi) is 4.18. The van der Waals surface area contributed by atoms with Crippen molar-refractivity contribution in [3.63, 3.8) is 0 Å². The van der Waals surface area contributed by atoms with Crippen molar-refractivity contribution in [1.82, 2.24) is 10.2 Å². The van der Waals surface area contributed by atoms with Gasteiger partial charge in [-0.3, -0.25) is 10.1 Å². The normalized spacial score (nSPS) is 10.7. The molecule has 8 nitrogen and oxygen atoms in total. The molecule has 0 aliphatic carbocycles. The Balaban J connectivity index is 1.98. The lowest BCUT2D eigenvalue weighted by Crippen LogP contribution is -2.00. The van der Waals surface area contributed by atoms with Crippen molar-refractivity contribution in [2.24, 2.45) is 0 Å². The van der Waals surface area contributed by atoms with Crippen LogP contribution in [-0.2, 0) is 6.42 Å². The third kappa shape index (κ3) is 2.91. The highest BCUT2D eigenvalue weighted by Crippen LogP contribution is 2.41. The molecule has 136 valence electrons. The third-order valence-electron chi connectivity index (χ3n) is 4.39. The van der Waals surface area contributed by atoms with Gasteiger partial charge in [0.15, 0.2) is 0 Å². The van der Waals surface area contributed by atoms with E-state index >= 15 is 0 Å². The predicted molar refractivity (Wildman–Crippen MR) is 101 cm³/mol. The summed E-state index contributed by atoms with van der Waals surface area (Å²) in [5, 5.41) is 29.1. The van der Waals surface area contributed by atoms with E-state index in [0.29, 0.717) is 28.8 Å². The molecule has 2 aromatic carbocycles. The number of nitro groups is 1. The monoisotopic (exact) mass is 371 g/mol. The molecule has 0 unspecified atom stereocenters. The summed E-state index contributed by atoms with van der Waals surface area (Å²) in [6.45, 7) is 0. The lowest BCUT2D eigenvalue weighted by molar-refractivity contribution is -0.384. The van der Waals surface area contributed by atoms with Crippen molar-refractivity contribution in [2.45, 2.75) is 6.42 Å². The lowest BCUT2D eigenvalue weighted by Gasteiger charge is -2.12. The van der Waals surface area contributed by atoms with Crippen LogP contribution in [0.5, 0.6) is 0 Å². The largest absolute Gasteiger partial charge is 0.419 e. The van der Waals surface area contributed by atoms with Crippen molar-refractivity contribution in [1.29, 1.82) is 5.26 Å². The molecular formula is C20H13N5O3. The summed E-state index contributed by atoms with van der Waals surface area (Å²) >= 11 is 0. The number of benzene rings is 2. The molecule has 0 radical (unpaired) electrons. The highest BCUT2D eigenvalue weighted by Gasteiger charge is 2.27. The number of aromatic nitrogens is 2. The number of hydrogen-bond acceptors (Lipinski definition) is 7. The molecule has 2 aromatic rings. The maximum absolute atomic E-state index is 11.2. The number of hydrogen-bond donors (Lipinski definition) is 1. The molecule has 0 saturated heterocycles. The smallest absolute Gasteiger partial charge is 0.270 e. The van der Waals surface area contributed by atoms with Crippen LogP contribution in [0.2, 0.25) is 0 Å². The average Bonchev–Trinajstić information content (AvgIpc) is 3.09. The van der Waals surface area contributed by atoms with Gasteiger partial charge in [-0.1, -0.05) is 42.5 Å². The Bertz CT molecular complexity index is 1190. The number of nitrogen functional groups attached to an aromatic ring is 1. The van der Waals surface area contributed by atoms with Crippen LogP contribution in [0, 0.1) is 21.4 Å². The summed E-state index contributed by atoms with van der Waals surface area (Å²) in [5.74, 6) is 0.0756. The Hall–Kier alpha value is -4.25. The minimum Gasteiger partial charge on any atom is -0.419 e. The topological polar surface area (TPSA) is 132 Å². The molecule has 0 bridgehead atoms. The molecule has 2 heterocycles. The number of nitro benzene ring substituents is 1. The Morgan fingerprint density at radius 1 is 1.11 bits per heavy atom. The fourth-order valence-electron chi connectivity index (χ4n) is 3.14. The van der Waals surface area contributed by atoms with Gasteiger partial charge in [-0.05, 0) is 11.1 Å². The van der Waals surface area contributed by atoms with E-state index < -0.39 is 4.92 Å². The van der Waals surface area contributed by atoms with Crippen molar-refractivity contribution in [2.75, 3.05) is 5.73 Å². The van der Waals surface area contributed by atoms with Crippen molar-refractivity contribution in [3.05, 3.63) is 81.5 Å². The van der Waals surface area contributed by atoms with E-state index in [2.05, 4.69) is 10.2 Å². The van der Waals surface area contributed by atoms with Gasteiger partial charge in [0.25, 0.3) is 5.69 Å². The van der Waals surface area contributed by atoms with Gasteiger partial charge in [0.1, 0.15) is 11.6 Å². The quantitative estimate of drug-likeness (QED) is 0.426. The molecular weight excluding hydrogens is 358 g/mol. The second-order valence-electron chi connectivity index (χ2n) is 6.12. The number of nitrogens with two attached hydrogens (primary N) is 1. The number of fused-ring (bicyclic) bond motifs is 1. The first kappa shape index (κ1) is 17.2. The van der Waals surface area contributed by atoms with E-state index in [1.807, 2.05) is 36.4 Å². The molecule has 0 fully saturated rings. The number of anilines is 1. The van der Waals surface area contributed by atoms with Gasteiger partial charge in [0.05, 0.1) is 16.2 Å². The maximum Gasteiger partial charge on any atom is 0.270 e. The van der Waals surface area contributed by atoms with Crippen molar-refractivity contribution in [3.8, 4) is 28.7 Å². The number of nitriles is 1. The average molecular weight is 371 g/mol. The zero-order chi connectivity index (χ0) is 19.7. The Morgan fingerprint density at radius 3 is 2.61 bits per heavy atom. The summed E-state index contributed by atoms with van der Waals surface area (Å²) in [7, 11) is 0. The van der Waals surface area contributed by atoms with E-state index in [4.69, 9.17) is 10.2 Å². The zero-order valence-corrected chi connectivity index (χ0v) is 14.5. The van der Waals surface area contributed by atoms with Crippen LogP contribution in [-0.4, -0.2) is 15.1 Å². The minimum atomic E-state index is -0.490. The van der Waals surface area contributed by atoms with Crippen LogP contribution in [0.25, 0.3) is 22.6 Å². The molecule has 0 saturated carbocycles. The lowest BCUT2D eigenvalue weighted by atomic mass is 9.93. The first-order valence-electron chi connectivity index (χ1n) is 8.35. The van der Waals surface area contributed by atoms with Gasteiger partial charge in [0, 0.05) is 24.1 Å². The molecule has 2 aliphatic rings. The van der Waals surface area contributed by atoms with Crippen LogP contribution in [0.3, 0.4) is 0 Å². The number of nitrogens with zero attached hydrogens (tertiary/aromatic N) is 4. The van der Waals surface area contributed by atoms with Crippen LogP contribution in [0.1, 0.15) is 16.8 Å². The van der Waals surface area contributed by atoms with Crippen LogP contribution in [0.15, 0.2) is 59.0 Å². The molecule has 0 amide bonds. The zero-order valence-electron chi connectivity index (χ0n) is 14.5. The second-order valence-corrected chi connectivity index (χ2v) is 6.12. The first-order valence-corrected chi connectivity index (χ1v) is 8.35. The van der Waals surface area contributed by atoms with E-state index in [1.54, 1.807) is 12.1 Å². The van der Waals surface area contributed by atoms with Gasteiger partial charge in [-0.15, -0.1) is 5.10 Å². The highest BCUT2D eigenvalue weighted by molar-refractivity contribution is 5.89. The molecule has 2 N–H and O–H groups in total. The molecule has 0 atom stereocenters. The van der Waals surface area contributed by atoms with Gasteiger partial charge < -0.3 is 10.2 Å². The summed E-state index contributed by atoms with van der Waals surface area (Å²) in [4.78, 5) is 10.7. The van der Waals surface area contributed by atoms with E-state index in [0.717, 1.165) is 5.56 Å². The number of non-ortho nitro benzene ring substituents is 1. The van der Waals surface area contributed by atoms with Gasteiger partial charge in [-0.25, -0.2) is 0 Å². The predicted octanol–water partition coefficient (Wildman–Crippen LogP) is 3.79. The van der Waals surface area contributed by atoms with Crippen molar-refractivity contribution < 1.29 is 9.34 Å². The molecule has 28 heavy (non-hydrogen) atoms. The molecule has 0 aromatic heterocycles. The summed E-state index contributed by atoms with van der Waals surface area (Å²) in [6.07, 6.45) is 0.462. The fraction of sp³-hybridized carbons (Fsp3) is 0.0500. The standard InChI is InChI=1S/C20H13N5O3/c21-11-15-17(13-7-4-8-14(10-13)25(26)27)18-16(9-12-5-2-1-3-6-12)23-24-20(18)28-19(15)22/h1-8,10H,9,22H2.